The molecule has 1 aliphatic heterocycles. The molecular weight excluding hydrogens is 517 g/mol. The second-order valence-electron chi connectivity index (χ2n) is 7.29. The quantitative estimate of drug-likeness (QED) is 0.339. The summed E-state index contributed by atoms with van der Waals surface area (Å²) in [4.78, 5) is 6.47. The molecule has 2 heterocycles. The van der Waals surface area contributed by atoms with Crippen molar-refractivity contribution in [2.45, 2.75) is 26.0 Å². The Morgan fingerprint density at radius 3 is 2.53 bits per heavy atom. The van der Waals surface area contributed by atoms with Gasteiger partial charge in [0.25, 0.3) is 0 Å². The van der Waals surface area contributed by atoms with Gasteiger partial charge in [-0.1, -0.05) is 28.9 Å². The predicted molar refractivity (Wildman–Crippen MR) is 129 cm³/mol. The average molecular weight is 547 g/mol. The van der Waals surface area contributed by atoms with Crippen molar-refractivity contribution in [3.05, 3.63) is 52.9 Å². The lowest BCUT2D eigenvalue weighted by Crippen LogP contribution is -2.54. The number of rotatable bonds is 6. The van der Waals surface area contributed by atoms with Crippen LogP contribution in [0, 0.1) is 13.8 Å². The van der Waals surface area contributed by atoms with Crippen molar-refractivity contribution >= 4 is 40.0 Å². The maximum absolute atomic E-state index is 12.6. The highest BCUT2D eigenvalue weighted by Crippen LogP contribution is 2.13. The number of sulfonamides is 1. The van der Waals surface area contributed by atoms with Gasteiger partial charge in [-0.3, -0.25) is 4.99 Å². The molecule has 10 heteroatoms. The summed E-state index contributed by atoms with van der Waals surface area (Å²) in [6.07, 6.45) is 2.30. The summed E-state index contributed by atoms with van der Waals surface area (Å²) in [6, 6.07) is 8.09. The van der Waals surface area contributed by atoms with E-state index in [2.05, 4.69) is 52.4 Å². The summed E-state index contributed by atoms with van der Waals surface area (Å²) >= 11 is 0. The third-order valence-corrected chi connectivity index (χ3v) is 6.95. The molecule has 0 unspecified atom stereocenters. The van der Waals surface area contributed by atoms with Gasteiger partial charge in [-0.15, -0.1) is 24.0 Å². The van der Waals surface area contributed by atoms with E-state index in [1.807, 2.05) is 0 Å². The molecule has 1 fully saturated rings. The molecule has 0 saturated carbocycles. The molecule has 8 nitrogen and oxygen atoms in total. The van der Waals surface area contributed by atoms with Crippen LogP contribution in [-0.2, 0) is 22.2 Å². The molecule has 0 spiro atoms. The molecule has 1 aromatic heterocycles. The number of aromatic nitrogens is 1. The number of aliphatic imine (C=N–C) groups is 1. The van der Waals surface area contributed by atoms with Crippen molar-refractivity contribution in [3.63, 3.8) is 0 Å². The Balaban J connectivity index is 0.00000320. The Kier molecular flexibility index (Phi) is 9.10. The van der Waals surface area contributed by atoms with E-state index in [1.54, 1.807) is 13.1 Å². The first-order chi connectivity index (χ1) is 13.9. The minimum Gasteiger partial charge on any atom is -0.364 e. The number of hydrogen-bond acceptors (Lipinski definition) is 5. The number of nitrogens with one attached hydrogen (secondary N) is 1. The van der Waals surface area contributed by atoms with Gasteiger partial charge >= 0.3 is 0 Å². The molecule has 0 atom stereocenters. The van der Waals surface area contributed by atoms with Crippen LogP contribution in [-0.4, -0.2) is 68.5 Å². The van der Waals surface area contributed by atoms with E-state index in [-0.39, 0.29) is 29.7 Å². The van der Waals surface area contributed by atoms with E-state index in [0.717, 1.165) is 18.9 Å². The van der Waals surface area contributed by atoms with Crippen molar-refractivity contribution in [2.75, 3.05) is 39.8 Å². The lowest BCUT2D eigenvalue weighted by Gasteiger charge is -2.35. The number of guanidine groups is 1. The van der Waals surface area contributed by atoms with E-state index in [0.29, 0.717) is 31.9 Å². The van der Waals surface area contributed by atoms with Gasteiger partial charge in [0.15, 0.2) is 5.96 Å². The van der Waals surface area contributed by atoms with Gasteiger partial charge in [-0.05, 0) is 31.4 Å². The maximum Gasteiger partial charge on any atom is 0.220 e. The smallest absolute Gasteiger partial charge is 0.220 e. The van der Waals surface area contributed by atoms with Crippen LogP contribution in [0.2, 0.25) is 0 Å². The summed E-state index contributed by atoms with van der Waals surface area (Å²) < 4.78 is 31.4. The van der Waals surface area contributed by atoms with Crippen molar-refractivity contribution in [2.24, 2.45) is 4.99 Å². The fraction of sp³-hybridized carbons (Fsp3) is 0.500. The highest BCUT2D eigenvalue weighted by atomic mass is 127. The Bertz CT molecular complexity index is 939. The molecule has 30 heavy (non-hydrogen) atoms. The fourth-order valence-corrected chi connectivity index (χ4v) is 4.96. The number of hydrogen-bond donors (Lipinski definition) is 1. The fourth-order valence-electron chi connectivity index (χ4n) is 3.54. The van der Waals surface area contributed by atoms with Crippen LogP contribution in [0.1, 0.15) is 22.4 Å². The van der Waals surface area contributed by atoms with E-state index in [9.17, 15) is 8.42 Å². The lowest BCUT2D eigenvalue weighted by molar-refractivity contribution is 0.260. The van der Waals surface area contributed by atoms with Crippen LogP contribution in [0.3, 0.4) is 0 Å². The first kappa shape index (κ1) is 24.6. The zero-order chi connectivity index (χ0) is 20.9. The molecule has 3 rings (SSSR count). The number of aryl methyl sites for hydroxylation is 2. The number of benzene rings is 1. The Morgan fingerprint density at radius 2 is 1.93 bits per heavy atom. The second kappa shape index (κ2) is 11.1. The minimum atomic E-state index is -3.40. The second-order valence-corrected chi connectivity index (χ2v) is 9.26. The van der Waals surface area contributed by atoms with Crippen LogP contribution in [0.4, 0.5) is 0 Å². The molecule has 1 aromatic carbocycles. The maximum atomic E-state index is 12.6. The van der Waals surface area contributed by atoms with Gasteiger partial charge in [-0.25, -0.2) is 8.42 Å². The van der Waals surface area contributed by atoms with Gasteiger partial charge in [0, 0.05) is 45.8 Å². The monoisotopic (exact) mass is 547 g/mol. The summed E-state index contributed by atoms with van der Waals surface area (Å²) in [5, 5.41) is 7.11. The van der Waals surface area contributed by atoms with E-state index < -0.39 is 10.0 Å². The third kappa shape index (κ3) is 6.42. The van der Waals surface area contributed by atoms with Crippen molar-refractivity contribution in [1.82, 2.24) is 19.7 Å². The molecule has 1 aliphatic rings. The predicted octanol–water partition coefficient (Wildman–Crippen LogP) is 2.17. The summed E-state index contributed by atoms with van der Waals surface area (Å²) in [5.41, 5.74) is 4.32. The van der Waals surface area contributed by atoms with Crippen LogP contribution in [0.15, 0.2) is 40.0 Å². The van der Waals surface area contributed by atoms with Crippen molar-refractivity contribution in [3.8, 4) is 0 Å². The summed E-state index contributed by atoms with van der Waals surface area (Å²) in [6.45, 7) is 7.07. The third-order valence-electron chi connectivity index (χ3n) is 5.14. The minimum absolute atomic E-state index is 0. The highest BCUT2D eigenvalue weighted by Gasteiger charge is 2.28. The highest BCUT2D eigenvalue weighted by molar-refractivity contribution is 14.0. The average Bonchev–Trinajstić information content (AvgIpc) is 3.19. The van der Waals surface area contributed by atoms with Gasteiger partial charge in [0.2, 0.25) is 10.0 Å². The van der Waals surface area contributed by atoms with E-state index >= 15 is 0 Å². The standard InChI is InChI=1S/C20H29N5O3S.HI/c1-16-4-5-18(17(2)14-16)6-8-22-20(21-3)24-9-11-25(12-10-24)29(26,27)15-19-7-13-28-23-19;/h4-5,7,13-14H,6,8-12,15H2,1-3H3,(H,21,22);1H. The zero-order valence-electron chi connectivity index (χ0n) is 17.7. The van der Waals surface area contributed by atoms with Gasteiger partial charge in [-0.2, -0.15) is 4.31 Å². The van der Waals surface area contributed by atoms with E-state index in [1.165, 1.54) is 27.3 Å². The van der Waals surface area contributed by atoms with Crippen LogP contribution < -0.4 is 5.32 Å². The SMILES string of the molecule is CN=C(NCCc1ccc(C)cc1C)N1CCN(S(=O)(=O)Cc2ccon2)CC1.I. The number of nitrogens with zero attached hydrogens (tertiary/aromatic N) is 4. The van der Waals surface area contributed by atoms with Crippen molar-refractivity contribution in [1.29, 1.82) is 0 Å². The van der Waals surface area contributed by atoms with Crippen LogP contribution >= 0.6 is 24.0 Å². The first-order valence-corrected chi connectivity index (χ1v) is 11.4. The Morgan fingerprint density at radius 1 is 1.20 bits per heavy atom. The molecule has 0 bridgehead atoms. The lowest BCUT2D eigenvalue weighted by atomic mass is 10.0. The Hall–Kier alpha value is -1.66. The summed E-state index contributed by atoms with van der Waals surface area (Å²) in [5.74, 6) is 0.676. The largest absolute Gasteiger partial charge is 0.364 e. The van der Waals surface area contributed by atoms with Gasteiger partial charge < -0.3 is 14.7 Å². The van der Waals surface area contributed by atoms with Gasteiger partial charge in [0.1, 0.15) is 12.0 Å². The topological polar surface area (TPSA) is 91.0 Å². The molecule has 0 radical (unpaired) electrons. The molecule has 0 amide bonds. The van der Waals surface area contributed by atoms with Crippen LogP contribution in [0.25, 0.3) is 0 Å². The van der Waals surface area contributed by atoms with Gasteiger partial charge in [0.05, 0.1) is 5.69 Å². The molecule has 166 valence electrons. The van der Waals surface area contributed by atoms with E-state index in [4.69, 9.17) is 4.52 Å². The summed E-state index contributed by atoms with van der Waals surface area (Å²) in [7, 11) is -1.64. The number of piperazine rings is 1. The number of halogens is 1. The zero-order valence-corrected chi connectivity index (χ0v) is 20.8. The van der Waals surface area contributed by atoms with Crippen molar-refractivity contribution < 1.29 is 12.9 Å². The molecule has 2 aromatic rings. The molecule has 0 aliphatic carbocycles. The molecule has 1 N–H and O–H groups in total. The molecule has 1 saturated heterocycles. The Labute approximate surface area is 195 Å². The van der Waals surface area contributed by atoms with Crippen LogP contribution in [0.5, 0.6) is 0 Å². The normalized spacial score (nSPS) is 15.7. The first-order valence-electron chi connectivity index (χ1n) is 9.78. The molecular formula is C20H30IN5O3S.